The van der Waals surface area contributed by atoms with E-state index < -0.39 is 0 Å². The lowest BCUT2D eigenvalue weighted by Gasteiger charge is -2.52. The average Bonchev–Trinajstić information content (AvgIpc) is 3.20. The molecule has 2 saturated heterocycles. The molecule has 3 aliphatic rings. The van der Waals surface area contributed by atoms with Crippen molar-refractivity contribution in [3.8, 4) is 0 Å². The van der Waals surface area contributed by atoms with Crippen LogP contribution in [0, 0.1) is 17.3 Å². The smallest absolute Gasteiger partial charge is 0.198 e. The van der Waals surface area contributed by atoms with E-state index in [2.05, 4.69) is 45.8 Å². The van der Waals surface area contributed by atoms with Crippen LogP contribution in [-0.2, 0) is 11.3 Å². The van der Waals surface area contributed by atoms with Gasteiger partial charge in [0, 0.05) is 36.9 Å². The molecule has 1 aromatic rings. The Morgan fingerprint density at radius 2 is 1.77 bits per heavy atom. The first kappa shape index (κ1) is 22.0. The third-order valence-electron chi connectivity index (χ3n) is 8.34. The molecule has 1 saturated carbocycles. The molecule has 5 nitrogen and oxygen atoms in total. The van der Waals surface area contributed by atoms with E-state index in [9.17, 15) is 4.79 Å². The second kappa shape index (κ2) is 9.52. The molecule has 0 radical (unpaired) electrons. The molecule has 1 aromatic heterocycles. The van der Waals surface area contributed by atoms with E-state index >= 15 is 0 Å². The Hall–Kier alpha value is -1.20. The molecule has 1 N–H and O–H groups in total. The second-order valence-electron chi connectivity index (χ2n) is 10.8. The molecule has 5 heteroatoms. The lowest BCUT2D eigenvalue weighted by Crippen LogP contribution is -2.50. The van der Waals surface area contributed by atoms with E-state index in [4.69, 9.17) is 0 Å². The van der Waals surface area contributed by atoms with Gasteiger partial charge < -0.3 is 9.80 Å². The van der Waals surface area contributed by atoms with Crippen molar-refractivity contribution in [3.05, 3.63) is 18.0 Å². The lowest BCUT2D eigenvalue weighted by molar-refractivity contribution is -0.756. The minimum absolute atomic E-state index is 0.393. The number of carbonyl (C=O) groups is 1. The molecule has 1 aliphatic carbocycles. The fourth-order valence-electron chi connectivity index (χ4n) is 5.95. The first-order valence-electron chi connectivity index (χ1n) is 12.5. The summed E-state index contributed by atoms with van der Waals surface area (Å²) in [6.45, 7) is 15.1. The highest BCUT2D eigenvalue weighted by Gasteiger charge is 2.47. The third kappa shape index (κ3) is 5.16. The van der Waals surface area contributed by atoms with Crippen molar-refractivity contribution in [3.63, 3.8) is 0 Å². The zero-order chi connectivity index (χ0) is 21.1. The number of likely N-dealkylation sites (tertiary alicyclic amines) is 2. The standard InChI is InChI=1S/C25H42N4O/c1-4-24(30)22-15-25(16-22)7-11-28(12-8-25)14-13-27-9-5-21(6-10-27)18-29-19-23(17-26-29)20(2)3/h17,19-22H,4-16,18H2,1-3H3/p+1. The summed E-state index contributed by atoms with van der Waals surface area (Å²) in [6.07, 6.45) is 12.8. The predicted octanol–water partition coefficient (Wildman–Crippen LogP) is 3.61. The minimum atomic E-state index is 0.393. The van der Waals surface area contributed by atoms with Crippen LogP contribution in [0.15, 0.2) is 12.4 Å². The van der Waals surface area contributed by atoms with Gasteiger partial charge in [-0.15, -0.1) is 4.68 Å². The summed E-state index contributed by atoms with van der Waals surface area (Å²) in [5.74, 6) is 2.29. The van der Waals surface area contributed by atoms with Crippen LogP contribution in [0.25, 0.3) is 0 Å². The van der Waals surface area contributed by atoms with E-state index in [0.717, 1.165) is 18.9 Å². The Kier molecular flexibility index (Phi) is 6.98. The maximum Gasteiger partial charge on any atom is 0.198 e. The molecule has 3 fully saturated rings. The third-order valence-corrected chi connectivity index (χ3v) is 8.34. The Morgan fingerprint density at radius 3 is 2.33 bits per heavy atom. The number of nitrogens with one attached hydrogen (secondary N) is 1. The number of aromatic amines is 1. The number of H-pyrrole nitrogens is 1. The van der Waals surface area contributed by atoms with Gasteiger partial charge in [0.25, 0.3) is 0 Å². The number of Topliss-reactive ketones (excluding diaryl/α,β-unsaturated/α-hetero) is 1. The maximum atomic E-state index is 11.9. The summed E-state index contributed by atoms with van der Waals surface area (Å²) in [7, 11) is 0. The topological polar surface area (TPSA) is 43.2 Å². The normalized spacial score (nSPS) is 23.9. The number of nitrogens with zero attached hydrogens (tertiary/aromatic N) is 3. The average molecular weight is 416 g/mol. The van der Waals surface area contributed by atoms with Crippen LogP contribution in [0.2, 0.25) is 0 Å². The molecular formula is C25H43N4O+. The zero-order valence-corrected chi connectivity index (χ0v) is 19.5. The minimum Gasteiger partial charge on any atom is -0.302 e. The number of rotatable bonds is 8. The number of hydrogen-bond donors (Lipinski definition) is 1. The maximum absolute atomic E-state index is 11.9. The van der Waals surface area contributed by atoms with Gasteiger partial charge in [0.2, 0.25) is 0 Å². The van der Waals surface area contributed by atoms with Crippen LogP contribution in [-0.4, -0.2) is 60.0 Å². The Labute approximate surface area is 183 Å². The van der Waals surface area contributed by atoms with Crippen molar-refractivity contribution in [2.75, 3.05) is 39.3 Å². The van der Waals surface area contributed by atoms with Gasteiger partial charge in [-0.2, -0.15) is 5.10 Å². The Morgan fingerprint density at radius 1 is 1.13 bits per heavy atom. The molecule has 30 heavy (non-hydrogen) atoms. The van der Waals surface area contributed by atoms with Crippen molar-refractivity contribution in [1.29, 1.82) is 0 Å². The van der Waals surface area contributed by atoms with Crippen LogP contribution < -0.4 is 4.68 Å². The van der Waals surface area contributed by atoms with Crippen molar-refractivity contribution in [2.45, 2.75) is 78.2 Å². The molecule has 0 atom stereocenters. The molecule has 0 bridgehead atoms. The second-order valence-corrected chi connectivity index (χ2v) is 10.8. The highest BCUT2D eigenvalue weighted by atomic mass is 16.1. The monoisotopic (exact) mass is 415 g/mol. The zero-order valence-electron chi connectivity index (χ0n) is 19.5. The van der Waals surface area contributed by atoms with Crippen LogP contribution in [0.5, 0.6) is 0 Å². The fraction of sp³-hybridized carbons (Fsp3) is 0.840. The molecular weight excluding hydrogens is 372 g/mol. The summed E-state index contributed by atoms with van der Waals surface area (Å²) in [5.41, 5.74) is 1.93. The molecule has 0 aromatic carbocycles. The highest BCUT2D eigenvalue weighted by molar-refractivity contribution is 5.81. The van der Waals surface area contributed by atoms with Gasteiger partial charge in [-0.1, -0.05) is 20.8 Å². The van der Waals surface area contributed by atoms with Gasteiger partial charge in [0.1, 0.15) is 5.78 Å². The van der Waals surface area contributed by atoms with Crippen LogP contribution in [0.3, 0.4) is 0 Å². The number of aromatic nitrogens is 2. The van der Waals surface area contributed by atoms with Gasteiger partial charge in [-0.05, 0) is 76.0 Å². The molecule has 168 valence electrons. The molecule has 0 amide bonds. The van der Waals surface area contributed by atoms with Gasteiger partial charge >= 0.3 is 0 Å². The van der Waals surface area contributed by atoms with E-state index in [-0.39, 0.29) is 0 Å². The molecule has 3 heterocycles. The van der Waals surface area contributed by atoms with Crippen molar-refractivity contribution >= 4 is 5.78 Å². The summed E-state index contributed by atoms with van der Waals surface area (Å²) in [4.78, 5) is 17.3. The predicted molar refractivity (Wildman–Crippen MR) is 120 cm³/mol. The van der Waals surface area contributed by atoms with Crippen LogP contribution >= 0.6 is 0 Å². The summed E-state index contributed by atoms with van der Waals surface area (Å²) < 4.78 is 2.29. The van der Waals surface area contributed by atoms with Crippen LogP contribution in [0.1, 0.15) is 77.2 Å². The number of ketones is 1. The Balaban J connectivity index is 1.11. The quantitative estimate of drug-likeness (QED) is 0.660. The molecule has 4 rings (SSSR count). The highest BCUT2D eigenvalue weighted by Crippen LogP contribution is 2.53. The van der Waals surface area contributed by atoms with E-state index in [1.165, 1.54) is 83.4 Å². The summed E-state index contributed by atoms with van der Waals surface area (Å²) >= 11 is 0. The van der Waals surface area contributed by atoms with Crippen LogP contribution in [0.4, 0.5) is 0 Å². The van der Waals surface area contributed by atoms with Gasteiger partial charge in [-0.3, -0.25) is 4.79 Å². The van der Waals surface area contributed by atoms with Crippen molar-refractivity contribution < 1.29 is 9.48 Å². The molecule has 2 aliphatic heterocycles. The van der Waals surface area contributed by atoms with Gasteiger partial charge in [0.05, 0.1) is 6.20 Å². The van der Waals surface area contributed by atoms with E-state index in [1.807, 2.05) is 6.92 Å². The SMILES string of the molecule is CCC(=O)C1CC2(CCN(CCN3CCC(C[n+]4cc(C(C)C)c[nH]4)CC3)CC2)C1. The first-order chi connectivity index (χ1) is 14.5. The van der Waals surface area contributed by atoms with E-state index in [0.29, 0.717) is 23.0 Å². The van der Waals surface area contributed by atoms with Crippen molar-refractivity contribution in [2.24, 2.45) is 17.3 Å². The van der Waals surface area contributed by atoms with Gasteiger partial charge in [-0.25, -0.2) is 0 Å². The lowest BCUT2D eigenvalue weighted by atomic mass is 9.56. The number of carbonyl (C=O) groups excluding carboxylic acids is 1. The fourth-order valence-corrected chi connectivity index (χ4v) is 5.95. The number of piperidine rings is 2. The van der Waals surface area contributed by atoms with E-state index in [1.54, 1.807) is 0 Å². The molecule has 1 spiro atoms. The van der Waals surface area contributed by atoms with Gasteiger partial charge in [0.15, 0.2) is 12.7 Å². The Bertz CT molecular complexity index is 688. The first-order valence-corrected chi connectivity index (χ1v) is 12.5. The summed E-state index contributed by atoms with van der Waals surface area (Å²) in [5, 5.41) is 3.42. The van der Waals surface area contributed by atoms with Crippen molar-refractivity contribution in [1.82, 2.24) is 14.9 Å². The molecule has 0 unspecified atom stereocenters. The number of hydrogen-bond acceptors (Lipinski definition) is 3. The largest absolute Gasteiger partial charge is 0.302 e. The summed E-state index contributed by atoms with van der Waals surface area (Å²) in [6, 6.07) is 0.